The first-order valence-electron chi connectivity index (χ1n) is 5.76. The van der Waals surface area contributed by atoms with Crippen molar-refractivity contribution in [3.63, 3.8) is 0 Å². The Labute approximate surface area is 87.6 Å². The molecular formula is C11H24NO2+. The predicted octanol–water partition coefficient (Wildman–Crippen LogP) is 1.28. The maximum absolute atomic E-state index is 5.59. The van der Waals surface area contributed by atoms with Crippen molar-refractivity contribution in [3.05, 3.63) is 0 Å². The van der Waals surface area contributed by atoms with E-state index in [-0.39, 0.29) is 0 Å². The molecule has 0 N–H and O–H groups in total. The number of nitrogens with zero attached hydrogens (tertiary/aromatic N) is 1. The van der Waals surface area contributed by atoms with Crippen molar-refractivity contribution in [2.45, 2.75) is 19.8 Å². The van der Waals surface area contributed by atoms with Gasteiger partial charge in [-0.05, 0) is 6.42 Å². The summed E-state index contributed by atoms with van der Waals surface area (Å²) in [5.74, 6) is 0. The van der Waals surface area contributed by atoms with Gasteiger partial charge in [-0.3, -0.25) is 0 Å². The summed E-state index contributed by atoms with van der Waals surface area (Å²) in [6.45, 7) is 9.24. The van der Waals surface area contributed by atoms with Gasteiger partial charge < -0.3 is 14.0 Å². The first kappa shape index (κ1) is 12.0. The van der Waals surface area contributed by atoms with Gasteiger partial charge in [0.1, 0.15) is 19.6 Å². The lowest BCUT2D eigenvalue weighted by Gasteiger charge is -2.37. The number of rotatable bonds is 6. The second-order valence-corrected chi connectivity index (χ2v) is 4.37. The van der Waals surface area contributed by atoms with Gasteiger partial charge in [0.05, 0.1) is 26.9 Å². The van der Waals surface area contributed by atoms with Crippen molar-refractivity contribution >= 4 is 0 Å². The molecule has 0 unspecified atom stereocenters. The summed E-state index contributed by atoms with van der Waals surface area (Å²) in [4.78, 5) is 0. The topological polar surface area (TPSA) is 18.5 Å². The van der Waals surface area contributed by atoms with E-state index in [2.05, 4.69) is 14.0 Å². The fraction of sp³-hybridized carbons (Fsp3) is 1.00. The van der Waals surface area contributed by atoms with Crippen molar-refractivity contribution < 1.29 is 14.0 Å². The summed E-state index contributed by atoms with van der Waals surface area (Å²) in [5, 5.41) is 0. The average Bonchev–Trinajstić information content (AvgIpc) is 2.18. The third-order valence-electron chi connectivity index (χ3n) is 2.97. The maximum atomic E-state index is 5.59. The van der Waals surface area contributed by atoms with Crippen LogP contribution >= 0.6 is 0 Å². The van der Waals surface area contributed by atoms with E-state index in [9.17, 15) is 0 Å². The molecule has 3 nitrogen and oxygen atoms in total. The summed E-state index contributed by atoms with van der Waals surface area (Å²) in [5.41, 5.74) is 0. The second kappa shape index (κ2) is 6.38. The second-order valence-electron chi connectivity index (χ2n) is 4.37. The lowest BCUT2D eigenvalue weighted by atomic mass is 10.3. The van der Waals surface area contributed by atoms with Gasteiger partial charge in [-0.1, -0.05) is 13.3 Å². The number of hydrogen-bond donors (Lipinski definition) is 0. The van der Waals surface area contributed by atoms with E-state index >= 15 is 0 Å². The lowest BCUT2D eigenvalue weighted by molar-refractivity contribution is -0.917. The smallest absolute Gasteiger partial charge is 0.102 e. The van der Waals surface area contributed by atoms with Crippen LogP contribution in [0, 0.1) is 0 Å². The Balaban J connectivity index is 2.03. The fourth-order valence-electron chi connectivity index (χ4n) is 1.64. The van der Waals surface area contributed by atoms with Crippen molar-refractivity contribution in [2.75, 3.05) is 53.1 Å². The summed E-state index contributed by atoms with van der Waals surface area (Å²) in [6.07, 6.45) is 2.41. The average molecular weight is 202 g/mol. The first-order valence-corrected chi connectivity index (χ1v) is 5.76. The molecule has 1 aliphatic heterocycles. The molecule has 0 aromatic rings. The lowest BCUT2D eigenvalue weighted by Crippen LogP contribution is -2.53. The Hall–Kier alpha value is -0.120. The summed E-state index contributed by atoms with van der Waals surface area (Å²) in [6, 6.07) is 0. The Morgan fingerprint density at radius 1 is 1.21 bits per heavy atom. The molecule has 0 spiro atoms. The minimum atomic E-state index is 0.899. The zero-order chi connectivity index (χ0) is 10.3. The van der Waals surface area contributed by atoms with E-state index in [1.807, 2.05) is 0 Å². The van der Waals surface area contributed by atoms with Crippen LogP contribution in [0.2, 0.25) is 0 Å². The molecule has 3 heteroatoms. The van der Waals surface area contributed by atoms with Gasteiger partial charge in [-0.15, -0.1) is 0 Å². The molecule has 1 aliphatic rings. The van der Waals surface area contributed by atoms with Gasteiger partial charge in [0.15, 0.2) is 0 Å². The quantitative estimate of drug-likeness (QED) is 0.477. The van der Waals surface area contributed by atoms with E-state index in [1.54, 1.807) is 0 Å². The SMILES string of the molecule is CCCCOCC[N+]1(C)CCOCC1. The van der Waals surface area contributed by atoms with Gasteiger partial charge in [-0.25, -0.2) is 0 Å². The maximum Gasteiger partial charge on any atom is 0.102 e. The molecule has 14 heavy (non-hydrogen) atoms. The van der Waals surface area contributed by atoms with E-state index in [4.69, 9.17) is 9.47 Å². The first-order chi connectivity index (χ1) is 6.77. The minimum Gasteiger partial charge on any atom is -0.376 e. The number of ether oxygens (including phenoxy) is 2. The summed E-state index contributed by atoms with van der Waals surface area (Å²) in [7, 11) is 2.30. The fourth-order valence-corrected chi connectivity index (χ4v) is 1.64. The number of likely N-dealkylation sites (N-methyl/N-ethyl adjacent to an activating group) is 1. The van der Waals surface area contributed by atoms with Crippen LogP contribution in [-0.2, 0) is 9.47 Å². The van der Waals surface area contributed by atoms with Crippen LogP contribution in [0.15, 0.2) is 0 Å². The van der Waals surface area contributed by atoms with Crippen molar-refractivity contribution in [2.24, 2.45) is 0 Å². The van der Waals surface area contributed by atoms with Crippen LogP contribution in [0.3, 0.4) is 0 Å². The molecule has 0 aromatic heterocycles. The third kappa shape index (κ3) is 4.40. The van der Waals surface area contributed by atoms with Gasteiger partial charge in [-0.2, -0.15) is 0 Å². The predicted molar refractivity (Wildman–Crippen MR) is 57.3 cm³/mol. The Morgan fingerprint density at radius 3 is 2.57 bits per heavy atom. The normalized spacial score (nSPS) is 21.0. The van der Waals surface area contributed by atoms with Crippen molar-refractivity contribution in [1.82, 2.24) is 0 Å². The molecular weight excluding hydrogens is 178 g/mol. The molecule has 1 heterocycles. The molecule has 0 bridgehead atoms. The van der Waals surface area contributed by atoms with E-state index in [1.165, 1.54) is 12.8 Å². The van der Waals surface area contributed by atoms with Crippen LogP contribution in [0.4, 0.5) is 0 Å². The molecule has 0 aromatic carbocycles. The Kier molecular flexibility index (Phi) is 5.45. The molecule has 1 fully saturated rings. The highest BCUT2D eigenvalue weighted by Gasteiger charge is 2.24. The van der Waals surface area contributed by atoms with Gasteiger partial charge in [0, 0.05) is 6.61 Å². The van der Waals surface area contributed by atoms with Crippen LogP contribution in [-0.4, -0.2) is 57.6 Å². The number of quaternary nitrogens is 1. The van der Waals surface area contributed by atoms with Crippen LogP contribution in [0.25, 0.3) is 0 Å². The molecule has 1 saturated heterocycles. The highest BCUT2D eigenvalue weighted by molar-refractivity contribution is 4.46. The molecule has 0 amide bonds. The van der Waals surface area contributed by atoms with Crippen LogP contribution in [0.1, 0.15) is 19.8 Å². The largest absolute Gasteiger partial charge is 0.376 e. The van der Waals surface area contributed by atoms with E-state index in [0.717, 1.165) is 50.5 Å². The van der Waals surface area contributed by atoms with Crippen LogP contribution in [0.5, 0.6) is 0 Å². The Bertz CT molecular complexity index is 144. The van der Waals surface area contributed by atoms with Gasteiger partial charge in [0.2, 0.25) is 0 Å². The number of unbranched alkanes of at least 4 members (excludes halogenated alkanes) is 1. The zero-order valence-electron chi connectivity index (χ0n) is 9.63. The zero-order valence-corrected chi connectivity index (χ0v) is 9.63. The molecule has 1 rings (SSSR count). The number of morpholine rings is 1. The Morgan fingerprint density at radius 2 is 1.93 bits per heavy atom. The minimum absolute atomic E-state index is 0.899. The molecule has 0 saturated carbocycles. The monoisotopic (exact) mass is 202 g/mol. The summed E-state index contributed by atoms with van der Waals surface area (Å²) < 4.78 is 12.1. The highest BCUT2D eigenvalue weighted by Crippen LogP contribution is 2.06. The van der Waals surface area contributed by atoms with Crippen LogP contribution < -0.4 is 0 Å². The standard InChI is InChI=1S/C11H24NO2/c1-3-4-8-13-9-5-12(2)6-10-14-11-7-12/h3-11H2,1-2H3/q+1. The van der Waals surface area contributed by atoms with Crippen molar-refractivity contribution in [3.8, 4) is 0 Å². The molecule has 0 radical (unpaired) electrons. The number of hydrogen-bond acceptors (Lipinski definition) is 2. The molecule has 84 valence electrons. The third-order valence-corrected chi connectivity index (χ3v) is 2.97. The summed E-state index contributed by atoms with van der Waals surface area (Å²) >= 11 is 0. The van der Waals surface area contributed by atoms with Gasteiger partial charge in [0.25, 0.3) is 0 Å². The van der Waals surface area contributed by atoms with Crippen molar-refractivity contribution in [1.29, 1.82) is 0 Å². The van der Waals surface area contributed by atoms with E-state index < -0.39 is 0 Å². The van der Waals surface area contributed by atoms with Gasteiger partial charge >= 0.3 is 0 Å². The van der Waals surface area contributed by atoms with E-state index in [0.29, 0.717) is 0 Å². The highest BCUT2D eigenvalue weighted by atomic mass is 16.5. The molecule has 0 atom stereocenters. The molecule has 0 aliphatic carbocycles.